The van der Waals surface area contributed by atoms with Crippen molar-refractivity contribution < 1.29 is 5.11 Å². The standard InChI is InChI=1S/C22H30OS2/c1-3-14-22(19(2)23,17-24-15-20-10-6-4-7-11-20)18-25-16-21-12-8-5-9-13-21/h4-13,19,23H,3,14-18H2,1-2H3. The lowest BCUT2D eigenvalue weighted by Gasteiger charge is -2.36. The molecular formula is C22H30OS2. The fraction of sp³-hybridized carbons (Fsp3) is 0.455. The Bertz CT molecular complexity index is 538. The van der Waals surface area contributed by atoms with Gasteiger partial charge in [0.2, 0.25) is 0 Å². The Morgan fingerprint density at radius 1 is 0.840 bits per heavy atom. The van der Waals surface area contributed by atoms with Crippen LogP contribution in [0.4, 0.5) is 0 Å². The topological polar surface area (TPSA) is 20.2 Å². The zero-order chi connectivity index (χ0) is 18.0. The molecule has 2 aromatic rings. The lowest BCUT2D eigenvalue weighted by molar-refractivity contribution is 0.0664. The van der Waals surface area contributed by atoms with E-state index in [1.165, 1.54) is 11.1 Å². The summed E-state index contributed by atoms with van der Waals surface area (Å²) in [6.07, 6.45) is 1.91. The van der Waals surface area contributed by atoms with Crippen LogP contribution in [0.3, 0.4) is 0 Å². The molecule has 1 N–H and O–H groups in total. The molecule has 0 aromatic heterocycles. The first kappa shape index (κ1) is 20.4. The molecule has 0 spiro atoms. The first-order valence-corrected chi connectivity index (χ1v) is 11.4. The maximum absolute atomic E-state index is 10.6. The van der Waals surface area contributed by atoms with Gasteiger partial charge in [0, 0.05) is 28.4 Å². The van der Waals surface area contributed by atoms with Crippen LogP contribution in [0.1, 0.15) is 37.8 Å². The van der Waals surface area contributed by atoms with Crippen molar-refractivity contribution in [3.63, 3.8) is 0 Å². The molecule has 3 heteroatoms. The van der Waals surface area contributed by atoms with Crippen LogP contribution in [0.2, 0.25) is 0 Å². The number of benzene rings is 2. The van der Waals surface area contributed by atoms with Crippen molar-refractivity contribution in [2.75, 3.05) is 11.5 Å². The molecule has 1 nitrogen and oxygen atoms in total. The predicted octanol–water partition coefficient (Wildman–Crippen LogP) is 6.02. The summed E-state index contributed by atoms with van der Waals surface area (Å²) in [5, 5.41) is 10.6. The second kappa shape index (κ2) is 10.9. The maximum Gasteiger partial charge on any atom is 0.0584 e. The van der Waals surface area contributed by atoms with Gasteiger partial charge in [0.05, 0.1) is 6.10 Å². The molecule has 0 radical (unpaired) electrons. The predicted molar refractivity (Wildman–Crippen MR) is 114 cm³/mol. The molecule has 0 heterocycles. The van der Waals surface area contributed by atoms with Crippen molar-refractivity contribution in [3.05, 3.63) is 71.8 Å². The summed E-state index contributed by atoms with van der Waals surface area (Å²) in [6, 6.07) is 21.2. The molecule has 0 aliphatic rings. The van der Waals surface area contributed by atoms with Gasteiger partial charge in [0.25, 0.3) is 0 Å². The van der Waals surface area contributed by atoms with E-state index >= 15 is 0 Å². The third kappa shape index (κ3) is 6.73. The normalized spacial score (nSPS) is 12.9. The second-order valence-corrected chi connectivity index (χ2v) is 8.72. The molecular weight excluding hydrogens is 344 g/mol. The van der Waals surface area contributed by atoms with E-state index in [-0.39, 0.29) is 11.5 Å². The molecule has 1 unspecified atom stereocenters. The van der Waals surface area contributed by atoms with Gasteiger partial charge < -0.3 is 5.11 Å². The highest BCUT2D eigenvalue weighted by atomic mass is 32.2. The van der Waals surface area contributed by atoms with Crippen LogP contribution >= 0.6 is 23.5 Å². The van der Waals surface area contributed by atoms with Crippen LogP contribution in [-0.2, 0) is 11.5 Å². The average molecular weight is 375 g/mol. The summed E-state index contributed by atoms with van der Waals surface area (Å²) >= 11 is 3.91. The fourth-order valence-electron chi connectivity index (χ4n) is 3.03. The SMILES string of the molecule is CCCC(CSCc1ccccc1)(CSCc1ccccc1)C(C)O. The van der Waals surface area contributed by atoms with Crippen molar-refractivity contribution in [1.82, 2.24) is 0 Å². The Hall–Kier alpha value is -0.900. The molecule has 0 amide bonds. The van der Waals surface area contributed by atoms with E-state index in [4.69, 9.17) is 0 Å². The van der Waals surface area contributed by atoms with Crippen LogP contribution in [0.5, 0.6) is 0 Å². The molecule has 0 aliphatic heterocycles. The van der Waals surface area contributed by atoms with E-state index in [9.17, 15) is 5.11 Å². The zero-order valence-corrected chi connectivity index (χ0v) is 17.0. The van der Waals surface area contributed by atoms with Crippen molar-refractivity contribution in [1.29, 1.82) is 0 Å². The summed E-state index contributed by atoms with van der Waals surface area (Å²) in [5.74, 6) is 4.05. The molecule has 0 saturated heterocycles. The van der Waals surface area contributed by atoms with Crippen LogP contribution in [0.15, 0.2) is 60.7 Å². The van der Waals surface area contributed by atoms with E-state index in [1.54, 1.807) is 0 Å². The van der Waals surface area contributed by atoms with Crippen molar-refractivity contribution >= 4 is 23.5 Å². The molecule has 0 saturated carbocycles. The van der Waals surface area contributed by atoms with Crippen molar-refractivity contribution in [3.8, 4) is 0 Å². The second-order valence-electron chi connectivity index (χ2n) is 6.75. The summed E-state index contributed by atoms with van der Waals surface area (Å²) in [4.78, 5) is 0. The van der Waals surface area contributed by atoms with Crippen molar-refractivity contribution in [2.45, 2.75) is 44.3 Å². The van der Waals surface area contributed by atoms with E-state index < -0.39 is 0 Å². The number of aliphatic hydroxyl groups is 1. The van der Waals surface area contributed by atoms with E-state index in [2.05, 4.69) is 67.6 Å². The summed E-state index contributed by atoms with van der Waals surface area (Å²) in [7, 11) is 0. The van der Waals surface area contributed by atoms with E-state index in [0.717, 1.165) is 35.9 Å². The third-order valence-electron chi connectivity index (χ3n) is 4.64. The van der Waals surface area contributed by atoms with Gasteiger partial charge >= 0.3 is 0 Å². The molecule has 0 aliphatic carbocycles. The maximum atomic E-state index is 10.6. The fourth-order valence-corrected chi connectivity index (χ4v) is 6.00. The van der Waals surface area contributed by atoms with Gasteiger partial charge in [-0.2, -0.15) is 23.5 Å². The lowest BCUT2D eigenvalue weighted by atomic mass is 9.82. The van der Waals surface area contributed by atoms with Crippen LogP contribution in [0.25, 0.3) is 0 Å². The molecule has 1 atom stereocenters. The monoisotopic (exact) mass is 374 g/mol. The summed E-state index contributed by atoms with van der Waals surface area (Å²) in [5.41, 5.74) is 2.72. The Labute approximate surface area is 161 Å². The highest BCUT2D eigenvalue weighted by molar-refractivity contribution is 7.99. The van der Waals surface area contributed by atoms with Gasteiger partial charge in [-0.15, -0.1) is 0 Å². The number of aliphatic hydroxyl groups excluding tert-OH is 1. The minimum atomic E-state index is -0.279. The van der Waals surface area contributed by atoms with Gasteiger partial charge in [0.15, 0.2) is 0 Å². The van der Waals surface area contributed by atoms with Gasteiger partial charge in [-0.25, -0.2) is 0 Å². The first-order chi connectivity index (χ1) is 12.2. The summed E-state index contributed by atoms with van der Waals surface area (Å²) < 4.78 is 0. The molecule has 2 aromatic carbocycles. The highest BCUT2D eigenvalue weighted by Gasteiger charge is 2.34. The largest absolute Gasteiger partial charge is 0.393 e. The summed E-state index contributed by atoms with van der Waals surface area (Å²) in [6.45, 7) is 4.20. The molecule has 136 valence electrons. The van der Waals surface area contributed by atoms with Gasteiger partial charge in [0.1, 0.15) is 0 Å². The number of thioether (sulfide) groups is 2. The smallest absolute Gasteiger partial charge is 0.0584 e. The van der Waals surface area contributed by atoms with Gasteiger partial charge in [-0.3, -0.25) is 0 Å². The van der Waals surface area contributed by atoms with Crippen LogP contribution in [-0.4, -0.2) is 22.7 Å². The minimum absolute atomic E-state index is 0.00631. The van der Waals surface area contributed by atoms with Gasteiger partial charge in [-0.05, 0) is 24.5 Å². The Balaban J connectivity index is 1.92. The molecule has 25 heavy (non-hydrogen) atoms. The average Bonchev–Trinajstić information content (AvgIpc) is 2.63. The molecule has 0 fully saturated rings. The quantitative estimate of drug-likeness (QED) is 0.519. The lowest BCUT2D eigenvalue weighted by Crippen LogP contribution is -2.38. The zero-order valence-electron chi connectivity index (χ0n) is 15.4. The number of hydrogen-bond acceptors (Lipinski definition) is 3. The van der Waals surface area contributed by atoms with Gasteiger partial charge in [-0.1, -0.05) is 74.0 Å². The molecule has 2 rings (SSSR count). The Kier molecular flexibility index (Phi) is 8.94. The Morgan fingerprint density at radius 3 is 1.64 bits per heavy atom. The third-order valence-corrected chi connectivity index (χ3v) is 7.27. The van der Waals surface area contributed by atoms with Crippen LogP contribution in [0, 0.1) is 5.41 Å². The van der Waals surface area contributed by atoms with Crippen LogP contribution < -0.4 is 0 Å². The van der Waals surface area contributed by atoms with E-state index in [0.29, 0.717) is 0 Å². The minimum Gasteiger partial charge on any atom is -0.393 e. The first-order valence-electron chi connectivity index (χ1n) is 9.08. The highest BCUT2D eigenvalue weighted by Crippen LogP contribution is 2.37. The number of rotatable bonds is 11. The van der Waals surface area contributed by atoms with E-state index in [1.807, 2.05) is 30.4 Å². The number of hydrogen-bond donors (Lipinski definition) is 1. The molecule has 0 bridgehead atoms. The van der Waals surface area contributed by atoms with Crippen molar-refractivity contribution in [2.24, 2.45) is 5.41 Å². The Morgan fingerprint density at radius 2 is 1.28 bits per heavy atom.